The van der Waals surface area contributed by atoms with Crippen molar-refractivity contribution in [3.8, 4) is 11.3 Å². The van der Waals surface area contributed by atoms with Crippen molar-refractivity contribution in [3.63, 3.8) is 0 Å². The van der Waals surface area contributed by atoms with Gasteiger partial charge in [0.25, 0.3) is 5.91 Å². The lowest BCUT2D eigenvalue weighted by Gasteiger charge is -2.20. The average molecular weight is 477 g/mol. The third-order valence-corrected chi connectivity index (χ3v) is 6.45. The summed E-state index contributed by atoms with van der Waals surface area (Å²) in [6.07, 6.45) is 4.91. The quantitative estimate of drug-likeness (QED) is 0.345. The van der Waals surface area contributed by atoms with Crippen LogP contribution in [-0.2, 0) is 0 Å². The van der Waals surface area contributed by atoms with Crippen molar-refractivity contribution in [2.24, 2.45) is 0 Å². The van der Waals surface area contributed by atoms with E-state index in [9.17, 15) is 9.59 Å². The molecule has 1 aromatic heterocycles. The third-order valence-electron chi connectivity index (χ3n) is 6.45. The highest BCUT2D eigenvalue weighted by Gasteiger charge is 2.18. The van der Waals surface area contributed by atoms with Crippen molar-refractivity contribution in [2.45, 2.75) is 25.7 Å². The molecule has 1 amide bonds. The molecule has 6 heteroatoms. The van der Waals surface area contributed by atoms with Gasteiger partial charge in [-0.1, -0.05) is 73.5 Å². The number of rotatable bonds is 6. The Hall–Kier alpha value is -4.32. The summed E-state index contributed by atoms with van der Waals surface area (Å²) in [5, 5.41) is 11.9. The molecule has 0 atom stereocenters. The van der Waals surface area contributed by atoms with Crippen LogP contribution in [0.1, 0.15) is 52.0 Å². The van der Waals surface area contributed by atoms with Crippen LogP contribution in [0.3, 0.4) is 0 Å². The molecule has 1 aliphatic heterocycles. The molecule has 0 saturated carbocycles. The fraction of sp³-hybridized carbons (Fsp3) is 0.200. The number of hydrogen-bond donors (Lipinski definition) is 1. The predicted molar refractivity (Wildman–Crippen MR) is 142 cm³/mol. The Bertz CT molecular complexity index is 1350. The molecule has 0 spiro atoms. The van der Waals surface area contributed by atoms with Crippen molar-refractivity contribution >= 4 is 23.2 Å². The largest absolute Gasteiger partial charge is 0.355 e. The van der Waals surface area contributed by atoms with Crippen molar-refractivity contribution in [1.29, 1.82) is 0 Å². The standard InChI is InChI=1S/C30H28N4O2/c35-29(22-11-4-3-5-12-22)25-15-6-7-16-26(25)30(36)31-24-14-10-13-23(21-24)27-17-18-28(33-32-27)34-19-8-1-2-9-20-34/h3-7,10-18,21H,1-2,8-9,19-20H2,(H,31,36). The minimum atomic E-state index is -0.338. The summed E-state index contributed by atoms with van der Waals surface area (Å²) in [5.41, 5.74) is 3.46. The smallest absolute Gasteiger partial charge is 0.256 e. The van der Waals surface area contributed by atoms with Crippen molar-refractivity contribution in [2.75, 3.05) is 23.3 Å². The average Bonchev–Trinajstić information content (AvgIpc) is 3.23. The lowest BCUT2D eigenvalue weighted by molar-refractivity contribution is 0.0996. The van der Waals surface area contributed by atoms with E-state index in [2.05, 4.69) is 20.4 Å². The van der Waals surface area contributed by atoms with Gasteiger partial charge in [0.05, 0.1) is 11.3 Å². The monoisotopic (exact) mass is 476 g/mol. The Balaban J connectivity index is 1.33. The zero-order valence-corrected chi connectivity index (χ0v) is 20.1. The Morgan fingerprint density at radius 3 is 2.14 bits per heavy atom. The van der Waals surface area contributed by atoms with Crippen LogP contribution < -0.4 is 10.2 Å². The van der Waals surface area contributed by atoms with E-state index < -0.39 is 0 Å². The number of hydrogen-bond acceptors (Lipinski definition) is 5. The SMILES string of the molecule is O=C(Nc1cccc(-c2ccc(N3CCCCCC3)nn2)c1)c1ccccc1C(=O)c1ccccc1. The maximum absolute atomic E-state index is 13.2. The molecule has 1 saturated heterocycles. The Kier molecular flexibility index (Phi) is 7.12. The first-order valence-electron chi connectivity index (χ1n) is 12.4. The van der Waals surface area contributed by atoms with Crippen LogP contribution in [0.15, 0.2) is 91.0 Å². The number of carbonyl (C=O) groups excluding carboxylic acids is 2. The highest BCUT2D eigenvalue weighted by atomic mass is 16.2. The second kappa shape index (κ2) is 11.0. The van der Waals surface area contributed by atoms with Gasteiger partial charge in [0.15, 0.2) is 11.6 Å². The molecule has 3 aromatic carbocycles. The first kappa shape index (κ1) is 23.4. The van der Waals surface area contributed by atoms with Gasteiger partial charge in [0.1, 0.15) is 0 Å². The topological polar surface area (TPSA) is 75.2 Å². The fourth-order valence-corrected chi connectivity index (χ4v) is 4.53. The number of amides is 1. The van der Waals surface area contributed by atoms with Gasteiger partial charge in [0, 0.05) is 35.5 Å². The van der Waals surface area contributed by atoms with E-state index in [0.717, 1.165) is 30.2 Å². The Morgan fingerprint density at radius 2 is 1.42 bits per heavy atom. The second-order valence-electron chi connectivity index (χ2n) is 8.95. The van der Waals surface area contributed by atoms with Crippen LogP contribution in [0.25, 0.3) is 11.3 Å². The number of ketones is 1. The van der Waals surface area contributed by atoms with E-state index >= 15 is 0 Å². The van der Waals surface area contributed by atoms with E-state index in [-0.39, 0.29) is 11.7 Å². The molecule has 0 aliphatic carbocycles. The first-order chi connectivity index (χ1) is 17.7. The lowest BCUT2D eigenvalue weighted by atomic mass is 9.98. The minimum Gasteiger partial charge on any atom is -0.355 e. The predicted octanol–water partition coefficient (Wildman–Crippen LogP) is 6.01. The summed E-state index contributed by atoms with van der Waals surface area (Å²) in [7, 11) is 0. The van der Waals surface area contributed by atoms with Crippen LogP contribution >= 0.6 is 0 Å². The number of nitrogens with one attached hydrogen (secondary N) is 1. The second-order valence-corrected chi connectivity index (χ2v) is 8.95. The molecule has 6 nitrogen and oxygen atoms in total. The lowest BCUT2D eigenvalue weighted by Crippen LogP contribution is -2.25. The van der Waals surface area contributed by atoms with Crippen LogP contribution in [0.5, 0.6) is 0 Å². The molecule has 4 aromatic rings. The number of benzene rings is 3. The van der Waals surface area contributed by atoms with Crippen LogP contribution in [-0.4, -0.2) is 35.0 Å². The minimum absolute atomic E-state index is 0.185. The first-order valence-corrected chi connectivity index (χ1v) is 12.4. The molecule has 0 bridgehead atoms. The molecule has 1 N–H and O–H groups in total. The van der Waals surface area contributed by atoms with Crippen molar-refractivity contribution in [1.82, 2.24) is 10.2 Å². The summed E-state index contributed by atoms with van der Waals surface area (Å²) in [6, 6.07) is 27.3. The maximum atomic E-state index is 13.2. The van der Waals surface area contributed by atoms with E-state index in [1.807, 2.05) is 54.6 Å². The molecule has 0 unspecified atom stereocenters. The van der Waals surface area contributed by atoms with Crippen LogP contribution in [0.2, 0.25) is 0 Å². The number of nitrogens with zero attached hydrogens (tertiary/aromatic N) is 3. The van der Waals surface area contributed by atoms with E-state index in [1.54, 1.807) is 36.4 Å². The summed E-state index contributed by atoms with van der Waals surface area (Å²) in [5.74, 6) is 0.384. The zero-order valence-electron chi connectivity index (χ0n) is 20.1. The normalized spacial score (nSPS) is 13.6. The molecule has 1 aliphatic rings. The van der Waals surface area contributed by atoms with E-state index in [4.69, 9.17) is 0 Å². The van der Waals surface area contributed by atoms with Gasteiger partial charge < -0.3 is 10.2 Å². The summed E-state index contributed by atoms with van der Waals surface area (Å²) in [6.45, 7) is 2.04. The highest BCUT2D eigenvalue weighted by Crippen LogP contribution is 2.24. The van der Waals surface area contributed by atoms with Gasteiger partial charge in [0.2, 0.25) is 0 Å². The van der Waals surface area contributed by atoms with Crippen molar-refractivity contribution in [3.05, 3.63) is 108 Å². The van der Waals surface area contributed by atoms with Gasteiger partial charge in [-0.3, -0.25) is 9.59 Å². The molecule has 1 fully saturated rings. The zero-order chi connectivity index (χ0) is 24.7. The van der Waals surface area contributed by atoms with E-state index in [1.165, 1.54) is 25.7 Å². The maximum Gasteiger partial charge on any atom is 0.256 e. The molecule has 2 heterocycles. The highest BCUT2D eigenvalue weighted by molar-refractivity contribution is 6.17. The number of carbonyl (C=O) groups is 2. The van der Waals surface area contributed by atoms with Gasteiger partial charge in [-0.25, -0.2) is 0 Å². The Morgan fingerprint density at radius 1 is 0.694 bits per heavy atom. The summed E-state index contributed by atoms with van der Waals surface area (Å²) in [4.78, 5) is 28.5. The molecule has 36 heavy (non-hydrogen) atoms. The summed E-state index contributed by atoms with van der Waals surface area (Å²) < 4.78 is 0. The van der Waals surface area contributed by atoms with Crippen LogP contribution in [0.4, 0.5) is 11.5 Å². The molecular weight excluding hydrogens is 448 g/mol. The molecule has 0 radical (unpaired) electrons. The summed E-state index contributed by atoms with van der Waals surface area (Å²) >= 11 is 0. The molecule has 180 valence electrons. The molecular formula is C30H28N4O2. The Labute approximate surface area is 211 Å². The fourth-order valence-electron chi connectivity index (χ4n) is 4.53. The van der Waals surface area contributed by atoms with Crippen LogP contribution in [0, 0.1) is 0 Å². The van der Waals surface area contributed by atoms with Gasteiger partial charge >= 0.3 is 0 Å². The number of aromatic nitrogens is 2. The third kappa shape index (κ3) is 5.33. The molecule has 5 rings (SSSR count). The van der Waals surface area contributed by atoms with Gasteiger partial charge in [-0.05, 0) is 43.2 Å². The van der Waals surface area contributed by atoms with Gasteiger partial charge in [-0.2, -0.15) is 0 Å². The van der Waals surface area contributed by atoms with Gasteiger partial charge in [-0.15, -0.1) is 10.2 Å². The van der Waals surface area contributed by atoms with E-state index in [0.29, 0.717) is 22.4 Å². The van der Waals surface area contributed by atoms with Crippen molar-refractivity contribution < 1.29 is 9.59 Å². The number of anilines is 2.